The van der Waals surface area contributed by atoms with E-state index in [0.29, 0.717) is 12.6 Å². The minimum atomic E-state index is -0.319. The minimum absolute atomic E-state index is 0.241. The molecule has 0 radical (unpaired) electrons. The Morgan fingerprint density at radius 1 is 1.28 bits per heavy atom. The van der Waals surface area contributed by atoms with Gasteiger partial charge in [-0.05, 0) is 31.9 Å². The van der Waals surface area contributed by atoms with Crippen LogP contribution in [-0.2, 0) is 11.3 Å². The summed E-state index contributed by atoms with van der Waals surface area (Å²) in [6, 6.07) is 10.5. The molecule has 4 heteroatoms. The fourth-order valence-electron chi connectivity index (χ4n) is 2.31. The number of hydrogen-bond acceptors (Lipinski definition) is 3. The Morgan fingerprint density at radius 2 is 2.00 bits per heavy atom. The Bertz CT molecular complexity index is 381. The molecule has 2 atom stereocenters. The van der Waals surface area contributed by atoms with E-state index in [9.17, 15) is 4.79 Å². The van der Waals surface area contributed by atoms with E-state index in [1.54, 1.807) is 0 Å². The predicted octanol–water partition coefficient (Wildman–Crippen LogP) is 2.05. The Hall–Kier alpha value is -1.55. The van der Waals surface area contributed by atoms with Crippen molar-refractivity contribution in [2.75, 3.05) is 7.05 Å². The zero-order valence-electron chi connectivity index (χ0n) is 10.7. The first-order valence-corrected chi connectivity index (χ1v) is 6.42. The topological polar surface area (TPSA) is 50.4 Å². The molecule has 0 saturated heterocycles. The van der Waals surface area contributed by atoms with Gasteiger partial charge in [0.2, 0.25) is 0 Å². The van der Waals surface area contributed by atoms with E-state index in [-0.39, 0.29) is 12.1 Å². The van der Waals surface area contributed by atoms with Crippen LogP contribution in [-0.4, -0.2) is 25.2 Å². The average molecular weight is 248 g/mol. The molecule has 2 N–H and O–H groups in total. The molecular formula is C14H20N2O2. The zero-order valence-corrected chi connectivity index (χ0v) is 10.7. The molecule has 0 heterocycles. The zero-order chi connectivity index (χ0) is 12.8. The van der Waals surface area contributed by atoms with Gasteiger partial charge in [-0.2, -0.15) is 0 Å². The van der Waals surface area contributed by atoms with Crippen molar-refractivity contribution in [3.05, 3.63) is 35.9 Å². The first kappa shape index (κ1) is 12.9. The number of ether oxygens (including phenoxy) is 1. The second-order valence-electron chi connectivity index (χ2n) is 4.70. The standard InChI is InChI=1S/C14H20N2O2/c1-15-12-7-8-13(9-12)16-14(17)18-10-11-5-3-2-4-6-11/h2-6,12-13,15H,7-10H2,1H3,(H,16,17). The van der Waals surface area contributed by atoms with Crippen molar-refractivity contribution in [1.82, 2.24) is 10.6 Å². The van der Waals surface area contributed by atoms with Gasteiger partial charge in [-0.1, -0.05) is 30.3 Å². The van der Waals surface area contributed by atoms with E-state index in [0.717, 1.165) is 24.8 Å². The Labute approximate surface area is 108 Å². The molecule has 4 nitrogen and oxygen atoms in total. The molecule has 1 aromatic carbocycles. The second kappa shape index (κ2) is 6.40. The number of rotatable bonds is 4. The molecule has 1 amide bonds. The van der Waals surface area contributed by atoms with Crippen LogP contribution in [0.1, 0.15) is 24.8 Å². The van der Waals surface area contributed by atoms with Gasteiger partial charge in [0.25, 0.3) is 0 Å². The van der Waals surface area contributed by atoms with Crippen molar-refractivity contribution >= 4 is 6.09 Å². The summed E-state index contributed by atoms with van der Waals surface area (Å²) >= 11 is 0. The summed E-state index contributed by atoms with van der Waals surface area (Å²) in [5, 5.41) is 6.15. The van der Waals surface area contributed by atoms with Gasteiger partial charge in [0.15, 0.2) is 0 Å². The van der Waals surface area contributed by atoms with Gasteiger partial charge in [0, 0.05) is 12.1 Å². The van der Waals surface area contributed by atoms with Crippen molar-refractivity contribution in [1.29, 1.82) is 0 Å². The Kier molecular flexibility index (Phi) is 4.59. The van der Waals surface area contributed by atoms with Crippen LogP contribution in [0, 0.1) is 0 Å². The summed E-state index contributed by atoms with van der Waals surface area (Å²) in [6.45, 7) is 0.328. The van der Waals surface area contributed by atoms with Crippen molar-refractivity contribution in [2.45, 2.75) is 38.0 Å². The molecule has 0 aromatic heterocycles. The van der Waals surface area contributed by atoms with E-state index in [2.05, 4.69) is 10.6 Å². The molecule has 1 aliphatic rings. The SMILES string of the molecule is CNC1CCC(NC(=O)OCc2ccccc2)C1. The van der Waals surface area contributed by atoms with Crippen LogP contribution in [0.25, 0.3) is 0 Å². The molecule has 1 aromatic rings. The predicted molar refractivity (Wildman–Crippen MR) is 70.2 cm³/mol. The lowest BCUT2D eigenvalue weighted by Crippen LogP contribution is -2.34. The monoisotopic (exact) mass is 248 g/mol. The van der Waals surface area contributed by atoms with Crippen LogP contribution in [0.3, 0.4) is 0 Å². The average Bonchev–Trinajstić information content (AvgIpc) is 2.85. The maximum absolute atomic E-state index is 11.6. The van der Waals surface area contributed by atoms with Gasteiger partial charge in [0.05, 0.1) is 0 Å². The van der Waals surface area contributed by atoms with Crippen molar-refractivity contribution in [3.63, 3.8) is 0 Å². The Balaban J connectivity index is 1.70. The lowest BCUT2D eigenvalue weighted by atomic mass is 10.2. The largest absolute Gasteiger partial charge is 0.445 e. The molecule has 1 saturated carbocycles. The smallest absolute Gasteiger partial charge is 0.407 e. The van der Waals surface area contributed by atoms with E-state index in [4.69, 9.17) is 4.74 Å². The highest BCUT2D eigenvalue weighted by molar-refractivity contribution is 5.67. The minimum Gasteiger partial charge on any atom is -0.445 e. The molecule has 2 rings (SSSR count). The Morgan fingerprint density at radius 3 is 2.67 bits per heavy atom. The number of carbonyl (C=O) groups excluding carboxylic acids is 1. The van der Waals surface area contributed by atoms with E-state index < -0.39 is 0 Å². The molecule has 1 fully saturated rings. The molecule has 18 heavy (non-hydrogen) atoms. The normalized spacial score (nSPS) is 22.7. The van der Waals surface area contributed by atoms with Crippen LogP contribution in [0.5, 0.6) is 0 Å². The number of benzene rings is 1. The lowest BCUT2D eigenvalue weighted by Gasteiger charge is -2.13. The summed E-state index contributed by atoms with van der Waals surface area (Å²) in [4.78, 5) is 11.6. The summed E-state index contributed by atoms with van der Waals surface area (Å²) in [6.07, 6.45) is 2.80. The van der Waals surface area contributed by atoms with Gasteiger partial charge in [-0.25, -0.2) is 4.79 Å². The molecule has 0 spiro atoms. The number of hydrogen-bond donors (Lipinski definition) is 2. The lowest BCUT2D eigenvalue weighted by molar-refractivity contribution is 0.135. The highest BCUT2D eigenvalue weighted by atomic mass is 16.5. The molecule has 0 bridgehead atoms. The molecular weight excluding hydrogens is 228 g/mol. The van der Waals surface area contributed by atoms with Crippen molar-refractivity contribution < 1.29 is 9.53 Å². The van der Waals surface area contributed by atoms with Crippen molar-refractivity contribution in [3.8, 4) is 0 Å². The maximum atomic E-state index is 11.6. The van der Waals surface area contributed by atoms with E-state index in [1.165, 1.54) is 0 Å². The summed E-state index contributed by atoms with van der Waals surface area (Å²) in [5.41, 5.74) is 1.01. The van der Waals surface area contributed by atoms with Gasteiger partial charge >= 0.3 is 6.09 Å². The molecule has 98 valence electrons. The quantitative estimate of drug-likeness (QED) is 0.857. The number of alkyl carbamates (subject to hydrolysis) is 1. The molecule has 2 unspecified atom stereocenters. The van der Waals surface area contributed by atoms with Crippen LogP contribution in [0.4, 0.5) is 4.79 Å². The van der Waals surface area contributed by atoms with E-state index >= 15 is 0 Å². The third-order valence-electron chi connectivity index (χ3n) is 3.38. The number of carbonyl (C=O) groups is 1. The highest BCUT2D eigenvalue weighted by Crippen LogP contribution is 2.18. The second-order valence-corrected chi connectivity index (χ2v) is 4.70. The molecule has 1 aliphatic carbocycles. The number of nitrogens with one attached hydrogen (secondary N) is 2. The van der Waals surface area contributed by atoms with Crippen LogP contribution in [0.2, 0.25) is 0 Å². The third kappa shape index (κ3) is 3.74. The maximum Gasteiger partial charge on any atom is 0.407 e. The van der Waals surface area contributed by atoms with Gasteiger partial charge in [-0.15, -0.1) is 0 Å². The van der Waals surface area contributed by atoms with Crippen LogP contribution < -0.4 is 10.6 Å². The third-order valence-corrected chi connectivity index (χ3v) is 3.38. The van der Waals surface area contributed by atoms with Crippen LogP contribution in [0.15, 0.2) is 30.3 Å². The fraction of sp³-hybridized carbons (Fsp3) is 0.500. The van der Waals surface area contributed by atoms with Gasteiger partial charge in [-0.3, -0.25) is 0 Å². The van der Waals surface area contributed by atoms with Crippen LogP contribution >= 0.6 is 0 Å². The van der Waals surface area contributed by atoms with E-state index in [1.807, 2.05) is 37.4 Å². The van der Waals surface area contributed by atoms with Gasteiger partial charge < -0.3 is 15.4 Å². The summed E-state index contributed by atoms with van der Waals surface area (Å²) in [7, 11) is 1.96. The fourth-order valence-corrected chi connectivity index (χ4v) is 2.31. The first-order valence-electron chi connectivity index (χ1n) is 6.42. The molecule has 0 aliphatic heterocycles. The summed E-state index contributed by atoms with van der Waals surface area (Å²) < 4.78 is 5.19. The number of amides is 1. The highest BCUT2D eigenvalue weighted by Gasteiger charge is 2.24. The van der Waals surface area contributed by atoms with Gasteiger partial charge in [0.1, 0.15) is 6.61 Å². The first-order chi connectivity index (χ1) is 8.78. The van der Waals surface area contributed by atoms with Crippen molar-refractivity contribution in [2.24, 2.45) is 0 Å². The summed E-state index contributed by atoms with van der Waals surface area (Å²) in [5.74, 6) is 0.